The third-order valence-electron chi connectivity index (χ3n) is 8.43. The van der Waals surface area contributed by atoms with Crippen molar-refractivity contribution in [1.29, 1.82) is 0 Å². The number of rotatable bonds is 8. The lowest BCUT2D eigenvalue weighted by Gasteiger charge is -2.43. The smallest absolute Gasteiger partial charge is 0.323 e. The number of carbonyl (C=O) groups is 2. The zero-order chi connectivity index (χ0) is 27.5. The van der Waals surface area contributed by atoms with Crippen LogP contribution in [0.4, 0.5) is 0 Å². The van der Waals surface area contributed by atoms with Gasteiger partial charge in [-0.2, -0.15) is 0 Å². The predicted molar refractivity (Wildman–Crippen MR) is 152 cm³/mol. The number of carbonyl (C=O) groups excluding carboxylic acids is 2. The summed E-state index contributed by atoms with van der Waals surface area (Å²) in [5.41, 5.74) is 8.60. The van der Waals surface area contributed by atoms with Gasteiger partial charge in [0.05, 0.1) is 26.3 Å². The van der Waals surface area contributed by atoms with Gasteiger partial charge in [0, 0.05) is 29.4 Å². The number of esters is 2. The van der Waals surface area contributed by atoms with E-state index in [0.717, 1.165) is 22.2 Å². The zero-order valence-electron chi connectivity index (χ0n) is 24.0. The molecular formula is C30H44N2O4Si. The molecule has 3 rings (SSSR count). The molecule has 1 aliphatic rings. The van der Waals surface area contributed by atoms with Gasteiger partial charge in [0.15, 0.2) is 0 Å². The Kier molecular flexibility index (Phi) is 9.30. The topological polar surface area (TPSA) is 71.6 Å². The number of hydrogen-bond acceptors (Lipinski definition) is 5. The largest absolute Gasteiger partial charge is 0.469 e. The molecule has 7 heteroatoms. The Bertz CT molecular complexity index is 1150. The molecule has 2 aromatic rings. The van der Waals surface area contributed by atoms with E-state index in [1.54, 1.807) is 0 Å². The van der Waals surface area contributed by atoms with Gasteiger partial charge in [-0.1, -0.05) is 65.7 Å². The van der Waals surface area contributed by atoms with Gasteiger partial charge >= 0.3 is 11.9 Å². The highest BCUT2D eigenvalue weighted by Gasteiger charge is 2.44. The molecule has 0 radical (unpaired) electrons. The molecule has 1 N–H and O–H groups in total. The molecule has 0 spiro atoms. The van der Waals surface area contributed by atoms with Gasteiger partial charge in [-0.05, 0) is 41.6 Å². The van der Waals surface area contributed by atoms with Crippen molar-refractivity contribution in [3.8, 4) is 11.5 Å². The van der Waals surface area contributed by atoms with Crippen LogP contribution in [0.25, 0.3) is 10.9 Å². The Morgan fingerprint density at radius 2 is 1.65 bits per heavy atom. The molecular weight excluding hydrogens is 480 g/mol. The van der Waals surface area contributed by atoms with E-state index in [-0.39, 0.29) is 30.4 Å². The molecule has 0 unspecified atom stereocenters. The van der Waals surface area contributed by atoms with Crippen LogP contribution in [-0.2, 0) is 25.5 Å². The van der Waals surface area contributed by atoms with Gasteiger partial charge in [0.2, 0.25) is 0 Å². The van der Waals surface area contributed by atoms with Gasteiger partial charge in [-0.3, -0.25) is 14.5 Å². The summed E-state index contributed by atoms with van der Waals surface area (Å²) in [5.74, 6) is 3.11. The van der Waals surface area contributed by atoms with Gasteiger partial charge in [-0.25, -0.2) is 0 Å². The number of methoxy groups -OCH3 is 2. The average Bonchev–Trinajstić information content (AvgIpc) is 3.24. The molecule has 37 heavy (non-hydrogen) atoms. The first-order valence-corrected chi connectivity index (χ1v) is 15.8. The highest BCUT2D eigenvalue weighted by Crippen LogP contribution is 2.43. The summed E-state index contributed by atoms with van der Waals surface area (Å²) in [6.07, 6.45) is 1.31. The molecule has 0 saturated carbocycles. The Morgan fingerprint density at radius 3 is 2.22 bits per heavy atom. The second kappa shape index (κ2) is 11.9. The third kappa shape index (κ3) is 5.51. The molecule has 2 heterocycles. The van der Waals surface area contributed by atoms with Crippen molar-refractivity contribution >= 4 is 30.9 Å². The monoisotopic (exact) mass is 524 g/mol. The van der Waals surface area contributed by atoms with Gasteiger partial charge in [-0.15, -0.1) is 5.54 Å². The standard InChI is InChI=1S/C30H44N2O4Si/c1-19(2)37(20(3)4,21(5)6)17-16-22(7)32-26(14-15-28(33)35-8)29-24(18-27(32)30(34)36-9)23-12-10-11-13-25(23)31-29/h10-13,19-22,26-27,31H,14-15,18H2,1-9H3/t22-,26-,27+/m1/s1. The van der Waals surface area contributed by atoms with Crippen LogP contribution in [0.3, 0.4) is 0 Å². The number of fused-ring (bicyclic) bond motifs is 3. The molecule has 0 amide bonds. The van der Waals surface area contributed by atoms with E-state index in [4.69, 9.17) is 9.47 Å². The molecule has 202 valence electrons. The summed E-state index contributed by atoms with van der Waals surface area (Å²) in [7, 11) is 0.895. The van der Waals surface area contributed by atoms with E-state index in [1.165, 1.54) is 14.2 Å². The molecule has 1 aliphatic heterocycles. The maximum Gasteiger partial charge on any atom is 0.323 e. The van der Waals surface area contributed by atoms with Crippen molar-refractivity contribution in [3.63, 3.8) is 0 Å². The van der Waals surface area contributed by atoms with Crippen LogP contribution >= 0.6 is 0 Å². The number of ether oxygens (including phenoxy) is 2. The van der Waals surface area contributed by atoms with Crippen LogP contribution < -0.4 is 0 Å². The number of hydrogen-bond donors (Lipinski definition) is 1. The molecule has 1 aromatic heterocycles. The van der Waals surface area contributed by atoms with E-state index in [9.17, 15) is 9.59 Å². The quantitative estimate of drug-likeness (QED) is 0.254. The third-order valence-corrected chi connectivity index (χ3v) is 14.7. The number of nitrogens with one attached hydrogen (secondary N) is 1. The van der Waals surface area contributed by atoms with Crippen LogP contribution in [0.2, 0.25) is 16.6 Å². The Balaban J connectivity index is 2.16. The second-order valence-electron chi connectivity index (χ2n) is 11.2. The van der Waals surface area contributed by atoms with Crippen LogP contribution in [0.15, 0.2) is 24.3 Å². The van der Waals surface area contributed by atoms with Crippen molar-refractivity contribution in [2.75, 3.05) is 14.2 Å². The highest BCUT2D eigenvalue weighted by atomic mass is 28.3. The van der Waals surface area contributed by atoms with E-state index >= 15 is 0 Å². The number of aromatic nitrogens is 1. The van der Waals surface area contributed by atoms with Crippen molar-refractivity contribution in [2.45, 2.75) is 102 Å². The van der Waals surface area contributed by atoms with E-state index in [1.807, 2.05) is 12.1 Å². The first-order chi connectivity index (χ1) is 17.5. The number of H-pyrrole nitrogens is 1. The predicted octanol–water partition coefficient (Wildman–Crippen LogP) is 6.17. The van der Waals surface area contributed by atoms with E-state index in [0.29, 0.717) is 29.5 Å². The number of para-hydroxylation sites is 1. The van der Waals surface area contributed by atoms with Crippen molar-refractivity contribution in [2.24, 2.45) is 0 Å². The van der Waals surface area contributed by atoms with Crippen molar-refractivity contribution in [3.05, 3.63) is 35.5 Å². The number of benzene rings is 1. The molecule has 0 bridgehead atoms. The highest BCUT2D eigenvalue weighted by molar-refractivity contribution is 6.90. The minimum atomic E-state index is -1.96. The van der Waals surface area contributed by atoms with Crippen molar-refractivity contribution < 1.29 is 19.1 Å². The molecule has 0 aliphatic carbocycles. The number of nitrogens with zero attached hydrogens (tertiary/aromatic N) is 1. The fraction of sp³-hybridized carbons (Fsp3) is 0.600. The molecule has 6 nitrogen and oxygen atoms in total. The van der Waals surface area contributed by atoms with Gasteiger partial charge in [0.1, 0.15) is 14.1 Å². The SMILES string of the molecule is COC(=O)CC[C@@H]1c2[nH]c3ccccc3c2C[C@@H](C(=O)OC)N1[C@H](C)C#C[Si](C(C)C)(C(C)C)C(C)C. The van der Waals surface area contributed by atoms with Gasteiger partial charge in [0.25, 0.3) is 0 Å². The first kappa shape index (κ1) is 29.0. The summed E-state index contributed by atoms with van der Waals surface area (Å²) in [4.78, 5) is 31.2. The van der Waals surface area contributed by atoms with Crippen LogP contribution in [-0.4, -0.2) is 56.2 Å². The van der Waals surface area contributed by atoms with E-state index < -0.39 is 14.1 Å². The Morgan fingerprint density at radius 1 is 1.03 bits per heavy atom. The summed E-state index contributed by atoms with van der Waals surface area (Å²) in [6.45, 7) is 15.9. The zero-order valence-corrected chi connectivity index (χ0v) is 25.0. The molecule has 3 atom stereocenters. The van der Waals surface area contributed by atoms with Crippen LogP contribution in [0.5, 0.6) is 0 Å². The fourth-order valence-corrected chi connectivity index (χ4v) is 12.0. The first-order valence-electron chi connectivity index (χ1n) is 13.5. The lowest BCUT2D eigenvalue weighted by Crippen LogP contribution is -2.52. The average molecular weight is 525 g/mol. The second-order valence-corrected chi connectivity index (χ2v) is 16.8. The van der Waals surface area contributed by atoms with Crippen LogP contribution in [0.1, 0.15) is 78.6 Å². The van der Waals surface area contributed by atoms with Crippen molar-refractivity contribution in [1.82, 2.24) is 9.88 Å². The number of aromatic amines is 1. The lowest BCUT2D eigenvalue weighted by atomic mass is 9.88. The minimum absolute atomic E-state index is 0.197. The molecule has 0 fully saturated rings. The van der Waals surface area contributed by atoms with Gasteiger partial charge < -0.3 is 14.5 Å². The molecule has 0 saturated heterocycles. The normalized spacial score (nSPS) is 19.0. The fourth-order valence-electron chi connectivity index (χ4n) is 6.66. The maximum atomic E-state index is 13.2. The summed E-state index contributed by atoms with van der Waals surface area (Å²) in [5, 5.41) is 1.11. The summed E-state index contributed by atoms with van der Waals surface area (Å²) >= 11 is 0. The summed E-state index contributed by atoms with van der Waals surface area (Å²) < 4.78 is 10.3. The lowest BCUT2D eigenvalue weighted by molar-refractivity contribution is -0.149. The van der Waals surface area contributed by atoms with Crippen LogP contribution in [0, 0.1) is 11.5 Å². The minimum Gasteiger partial charge on any atom is -0.469 e. The maximum absolute atomic E-state index is 13.2. The Labute approximate surface area is 223 Å². The molecule has 1 aromatic carbocycles. The Hall–Kier alpha value is -2.56. The summed E-state index contributed by atoms with van der Waals surface area (Å²) in [6, 6.07) is 7.28. The van der Waals surface area contributed by atoms with E-state index in [2.05, 4.69) is 81.9 Å².